The molecule has 9 heteroatoms. The molecule has 148 valence electrons. The summed E-state index contributed by atoms with van der Waals surface area (Å²) >= 11 is 0. The zero-order chi connectivity index (χ0) is 17.9. The Bertz CT molecular complexity index is 905. The van der Waals surface area contributed by atoms with Gasteiger partial charge in [-0.05, 0) is 36.2 Å². The number of nitrogens with two attached hydrogens (primary N) is 1. The molecule has 0 fully saturated rings. The first kappa shape index (κ1) is 21.8. The molecule has 2 N–H and O–H groups in total. The number of oxazole rings is 1. The third-order valence-electron chi connectivity index (χ3n) is 4.47. The molecule has 1 aliphatic heterocycles. The van der Waals surface area contributed by atoms with Gasteiger partial charge in [0.1, 0.15) is 11.5 Å². The van der Waals surface area contributed by atoms with Crippen molar-refractivity contribution in [3.8, 4) is 11.5 Å². The molecule has 4 rings (SSSR count). The third kappa shape index (κ3) is 4.67. The van der Waals surface area contributed by atoms with E-state index in [4.69, 9.17) is 10.2 Å². The quantitative estimate of drug-likeness (QED) is 0.694. The van der Waals surface area contributed by atoms with Gasteiger partial charge in [0.2, 0.25) is 11.8 Å². The lowest BCUT2D eigenvalue weighted by Gasteiger charge is -2.28. The topological polar surface area (TPSA) is 98.1 Å². The molecule has 0 saturated heterocycles. The van der Waals surface area contributed by atoms with Crippen molar-refractivity contribution in [3.05, 3.63) is 66.1 Å². The Kier molecular flexibility index (Phi) is 7.51. The van der Waals surface area contributed by atoms with E-state index in [-0.39, 0.29) is 30.7 Å². The monoisotopic (exact) mass is 421 g/mol. The number of amides is 1. The highest BCUT2D eigenvalue weighted by Crippen LogP contribution is 2.26. The molecule has 0 radical (unpaired) electrons. The third-order valence-corrected chi connectivity index (χ3v) is 4.47. The van der Waals surface area contributed by atoms with Gasteiger partial charge in [0.05, 0.1) is 18.2 Å². The summed E-state index contributed by atoms with van der Waals surface area (Å²) in [6, 6.07) is 6.91. The van der Waals surface area contributed by atoms with Crippen molar-refractivity contribution in [3.63, 3.8) is 0 Å². The molecule has 3 aromatic rings. The highest BCUT2D eigenvalue weighted by atomic mass is 35.5. The first-order chi connectivity index (χ1) is 12.7. The van der Waals surface area contributed by atoms with E-state index in [1.54, 1.807) is 29.7 Å². The lowest BCUT2D eigenvalue weighted by Crippen LogP contribution is -2.46. The van der Waals surface area contributed by atoms with Crippen LogP contribution in [0, 0.1) is 0 Å². The zero-order valence-corrected chi connectivity index (χ0v) is 16.7. The summed E-state index contributed by atoms with van der Waals surface area (Å²) in [5.74, 6) is 1.30. The number of hydrogen-bond donors (Lipinski definition) is 1. The van der Waals surface area contributed by atoms with Crippen LogP contribution in [0.3, 0.4) is 0 Å². The van der Waals surface area contributed by atoms with E-state index in [0.29, 0.717) is 31.8 Å². The van der Waals surface area contributed by atoms with Crippen molar-refractivity contribution in [2.45, 2.75) is 25.4 Å². The summed E-state index contributed by atoms with van der Waals surface area (Å²) in [6.07, 6.45) is 7.95. The average molecular weight is 422 g/mol. The van der Waals surface area contributed by atoms with Gasteiger partial charge in [-0.2, -0.15) is 0 Å². The van der Waals surface area contributed by atoms with Crippen molar-refractivity contribution in [1.82, 2.24) is 19.9 Å². The van der Waals surface area contributed by atoms with Crippen molar-refractivity contribution in [2.24, 2.45) is 5.73 Å². The van der Waals surface area contributed by atoms with E-state index in [1.165, 1.54) is 0 Å². The molecule has 0 aliphatic carbocycles. The molecule has 0 aromatic carbocycles. The highest BCUT2D eigenvalue weighted by Gasteiger charge is 2.28. The van der Waals surface area contributed by atoms with Crippen LogP contribution in [-0.2, 0) is 24.2 Å². The molecule has 0 bridgehead atoms. The standard InChI is InChI=1S/C19H19N5O2.2ClH/c20-15(10-13-3-7-21-8-4-13)19(25)24-9-5-17-16(12-24)23-18(26-17)14-2-1-6-22-11-14;;/h1-4,6-8,11,15H,5,9-10,12,20H2;2*1H/t15-;;/m1../s1. The number of hydrogen-bond acceptors (Lipinski definition) is 6. The van der Waals surface area contributed by atoms with Crippen LogP contribution in [0.2, 0.25) is 0 Å². The van der Waals surface area contributed by atoms with Crippen LogP contribution in [0.5, 0.6) is 0 Å². The molecule has 4 heterocycles. The fourth-order valence-electron chi connectivity index (χ4n) is 3.09. The van der Waals surface area contributed by atoms with Gasteiger partial charge >= 0.3 is 0 Å². The maximum Gasteiger partial charge on any atom is 0.240 e. The van der Waals surface area contributed by atoms with E-state index >= 15 is 0 Å². The lowest BCUT2D eigenvalue weighted by atomic mass is 10.1. The largest absolute Gasteiger partial charge is 0.441 e. The first-order valence-electron chi connectivity index (χ1n) is 8.53. The highest BCUT2D eigenvalue weighted by molar-refractivity contribution is 5.85. The van der Waals surface area contributed by atoms with Crippen LogP contribution in [0.4, 0.5) is 0 Å². The van der Waals surface area contributed by atoms with Crippen LogP contribution < -0.4 is 5.73 Å². The van der Waals surface area contributed by atoms with Crippen molar-refractivity contribution in [1.29, 1.82) is 0 Å². The summed E-state index contributed by atoms with van der Waals surface area (Å²) < 4.78 is 5.85. The molecular weight excluding hydrogens is 401 g/mol. The van der Waals surface area contributed by atoms with Crippen LogP contribution in [0.15, 0.2) is 53.5 Å². The molecule has 0 saturated carbocycles. The van der Waals surface area contributed by atoms with Crippen LogP contribution in [0.1, 0.15) is 17.0 Å². The number of nitrogens with zero attached hydrogens (tertiary/aromatic N) is 4. The van der Waals surface area contributed by atoms with Crippen molar-refractivity contribution < 1.29 is 9.21 Å². The van der Waals surface area contributed by atoms with Gasteiger partial charge in [-0.3, -0.25) is 14.8 Å². The lowest BCUT2D eigenvalue weighted by molar-refractivity contribution is -0.133. The summed E-state index contributed by atoms with van der Waals surface area (Å²) in [5, 5.41) is 0. The van der Waals surface area contributed by atoms with Crippen LogP contribution >= 0.6 is 24.8 Å². The average Bonchev–Trinajstić information content (AvgIpc) is 3.12. The second-order valence-corrected chi connectivity index (χ2v) is 6.31. The fraction of sp³-hybridized carbons (Fsp3) is 0.263. The van der Waals surface area contributed by atoms with Crippen molar-refractivity contribution >= 4 is 30.7 Å². The van der Waals surface area contributed by atoms with E-state index in [1.807, 2.05) is 24.3 Å². The maximum absolute atomic E-state index is 12.7. The SMILES string of the molecule is Cl.Cl.N[C@H](Cc1ccncc1)C(=O)N1CCc2oc(-c3cccnc3)nc2C1. The minimum atomic E-state index is -0.580. The Balaban J connectivity index is 0.00000140. The first-order valence-corrected chi connectivity index (χ1v) is 8.53. The molecule has 7 nitrogen and oxygen atoms in total. The molecule has 0 spiro atoms. The van der Waals surface area contributed by atoms with E-state index in [0.717, 1.165) is 22.6 Å². The van der Waals surface area contributed by atoms with Gasteiger partial charge in [0, 0.05) is 37.8 Å². The number of pyridine rings is 2. The molecule has 1 aliphatic rings. The summed E-state index contributed by atoms with van der Waals surface area (Å²) in [7, 11) is 0. The Morgan fingerprint density at radius 3 is 2.68 bits per heavy atom. The fourth-order valence-corrected chi connectivity index (χ4v) is 3.09. The Morgan fingerprint density at radius 2 is 1.96 bits per heavy atom. The number of fused-ring (bicyclic) bond motifs is 1. The van der Waals surface area contributed by atoms with E-state index in [9.17, 15) is 4.79 Å². The molecule has 0 unspecified atom stereocenters. The van der Waals surface area contributed by atoms with Crippen LogP contribution in [-0.4, -0.2) is 38.3 Å². The van der Waals surface area contributed by atoms with Crippen LogP contribution in [0.25, 0.3) is 11.5 Å². The smallest absolute Gasteiger partial charge is 0.240 e. The van der Waals surface area contributed by atoms with Gasteiger partial charge in [0.25, 0.3) is 0 Å². The number of rotatable bonds is 4. The molecule has 3 aromatic heterocycles. The Hall–Kier alpha value is -2.48. The predicted molar refractivity (Wildman–Crippen MR) is 109 cm³/mol. The number of aromatic nitrogens is 3. The zero-order valence-electron chi connectivity index (χ0n) is 15.0. The van der Waals surface area contributed by atoms with E-state index in [2.05, 4.69) is 15.0 Å². The Labute approximate surface area is 175 Å². The van der Waals surface area contributed by atoms with E-state index < -0.39 is 6.04 Å². The second-order valence-electron chi connectivity index (χ2n) is 6.31. The van der Waals surface area contributed by atoms with Gasteiger partial charge in [-0.1, -0.05) is 0 Å². The molecule has 1 atom stereocenters. The summed E-state index contributed by atoms with van der Waals surface area (Å²) in [6.45, 7) is 1.000. The maximum atomic E-state index is 12.7. The summed E-state index contributed by atoms with van der Waals surface area (Å²) in [5.41, 5.74) is 8.75. The predicted octanol–water partition coefficient (Wildman–Crippen LogP) is 2.43. The molecular formula is C19H21Cl2N5O2. The van der Waals surface area contributed by atoms with Gasteiger partial charge < -0.3 is 15.1 Å². The van der Waals surface area contributed by atoms with Gasteiger partial charge in [-0.25, -0.2) is 4.98 Å². The molecule has 28 heavy (non-hydrogen) atoms. The molecule has 1 amide bonds. The minimum absolute atomic E-state index is 0. The minimum Gasteiger partial charge on any atom is -0.441 e. The second kappa shape index (κ2) is 9.64. The normalized spacial score (nSPS) is 13.7. The van der Waals surface area contributed by atoms with Gasteiger partial charge in [-0.15, -0.1) is 24.8 Å². The number of carbonyl (C=O) groups is 1. The number of halogens is 2. The van der Waals surface area contributed by atoms with Crippen molar-refractivity contribution in [2.75, 3.05) is 6.54 Å². The summed E-state index contributed by atoms with van der Waals surface area (Å²) in [4.78, 5) is 27.1. The van der Waals surface area contributed by atoms with Gasteiger partial charge in [0.15, 0.2) is 0 Å². The number of carbonyl (C=O) groups excluding carboxylic acids is 1. The Morgan fingerprint density at radius 1 is 1.18 bits per heavy atom.